The van der Waals surface area contributed by atoms with Gasteiger partial charge in [0.25, 0.3) is 0 Å². The Hall–Kier alpha value is -0.210. The average molecular weight is 270 g/mol. The first-order valence-electron chi connectivity index (χ1n) is 4.95. The summed E-state index contributed by atoms with van der Waals surface area (Å²) in [6, 6.07) is 8.47. The van der Waals surface area contributed by atoms with Gasteiger partial charge in [0.2, 0.25) is 0 Å². The van der Waals surface area contributed by atoms with E-state index >= 15 is 0 Å². The van der Waals surface area contributed by atoms with Crippen LogP contribution in [-0.4, -0.2) is 11.5 Å². The quantitative estimate of drug-likeness (QED) is 0.716. The lowest BCUT2D eigenvalue weighted by molar-refractivity contribution is 0.949. The zero-order chi connectivity index (χ0) is 9.80. The smallest absolute Gasteiger partial charge is 0.0605 e. The molecule has 0 atom stereocenters. The Labute approximate surface area is 96.9 Å². The summed E-state index contributed by atoms with van der Waals surface area (Å²) in [5.41, 5.74) is 1.30. The molecule has 74 valence electrons. The van der Waals surface area contributed by atoms with E-state index in [4.69, 9.17) is 0 Å². The van der Waals surface area contributed by atoms with Crippen molar-refractivity contribution in [1.82, 2.24) is 0 Å². The van der Waals surface area contributed by atoms with E-state index in [-0.39, 0.29) is 0 Å². The third kappa shape index (κ3) is 2.89. The van der Waals surface area contributed by atoms with Crippen LogP contribution in [0.2, 0.25) is 0 Å². The van der Waals surface area contributed by atoms with Crippen LogP contribution in [0.5, 0.6) is 0 Å². The number of rotatable bonds is 2. The molecular formula is C12H14BrS+. The number of halogens is 1. The second kappa shape index (κ2) is 5.04. The van der Waals surface area contributed by atoms with Crippen molar-refractivity contribution in [2.24, 2.45) is 0 Å². The molecule has 1 aliphatic heterocycles. The van der Waals surface area contributed by atoms with Gasteiger partial charge in [-0.2, -0.15) is 0 Å². The minimum atomic E-state index is 0.570. The fourth-order valence-electron chi connectivity index (χ4n) is 1.60. The van der Waals surface area contributed by atoms with Crippen molar-refractivity contribution in [2.45, 2.75) is 12.8 Å². The Morgan fingerprint density at radius 2 is 2.00 bits per heavy atom. The molecule has 2 heteroatoms. The van der Waals surface area contributed by atoms with Crippen molar-refractivity contribution in [2.75, 3.05) is 11.5 Å². The van der Waals surface area contributed by atoms with Gasteiger partial charge in [0.15, 0.2) is 0 Å². The molecule has 0 amide bonds. The molecule has 0 N–H and O–H groups in total. The van der Waals surface area contributed by atoms with Crippen LogP contribution in [0.15, 0.2) is 34.1 Å². The molecule has 0 unspecified atom stereocenters. The summed E-state index contributed by atoms with van der Waals surface area (Å²) in [5.74, 6) is 2.81. The van der Waals surface area contributed by atoms with Crippen LogP contribution in [0.1, 0.15) is 18.4 Å². The van der Waals surface area contributed by atoms with Crippen molar-refractivity contribution >= 4 is 32.9 Å². The summed E-state index contributed by atoms with van der Waals surface area (Å²) in [5, 5.41) is 2.40. The summed E-state index contributed by atoms with van der Waals surface area (Å²) in [6.45, 7) is 0. The Balaban J connectivity index is 2.02. The highest BCUT2D eigenvalue weighted by Crippen LogP contribution is 2.17. The predicted octanol–water partition coefficient (Wildman–Crippen LogP) is 3.83. The van der Waals surface area contributed by atoms with Crippen molar-refractivity contribution in [1.29, 1.82) is 0 Å². The number of benzene rings is 1. The predicted molar refractivity (Wildman–Crippen MR) is 69.5 cm³/mol. The maximum Gasteiger partial charge on any atom is 0.119 e. The Bertz CT molecular complexity index is 327. The van der Waals surface area contributed by atoms with E-state index in [2.05, 4.69) is 51.7 Å². The van der Waals surface area contributed by atoms with Crippen LogP contribution >= 0.6 is 15.9 Å². The lowest BCUT2D eigenvalue weighted by atomic mass is 10.2. The van der Waals surface area contributed by atoms with E-state index in [9.17, 15) is 0 Å². The van der Waals surface area contributed by atoms with E-state index in [1.807, 2.05) is 0 Å². The zero-order valence-electron chi connectivity index (χ0n) is 8.08. The van der Waals surface area contributed by atoms with Gasteiger partial charge in [0.05, 0.1) is 0 Å². The van der Waals surface area contributed by atoms with Gasteiger partial charge < -0.3 is 0 Å². The third-order valence-corrected chi connectivity index (χ3v) is 5.01. The van der Waals surface area contributed by atoms with Crippen molar-refractivity contribution in [3.05, 3.63) is 39.7 Å². The maximum atomic E-state index is 3.48. The summed E-state index contributed by atoms with van der Waals surface area (Å²) in [4.78, 5) is 0. The van der Waals surface area contributed by atoms with Gasteiger partial charge in [0.1, 0.15) is 16.9 Å². The fourth-order valence-corrected chi connectivity index (χ4v) is 3.99. The van der Waals surface area contributed by atoms with E-state index in [1.165, 1.54) is 29.9 Å². The summed E-state index contributed by atoms with van der Waals surface area (Å²) in [6.07, 6.45) is 5.11. The van der Waals surface area contributed by atoms with Crippen LogP contribution in [0, 0.1) is 0 Å². The molecule has 0 bridgehead atoms. The molecule has 0 nitrogen and oxygen atoms in total. The highest BCUT2D eigenvalue weighted by atomic mass is 79.9. The van der Waals surface area contributed by atoms with Crippen LogP contribution in [0.3, 0.4) is 0 Å². The molecule has 0 radical (unpaired) electrons. The standard InChI is InChI=1S/C12H14BrS/c13-12-5-3-4-11(10-12)6-9-14-7-1-2-8-14/h3-6,9-10H,1-2,7-8H2/q+1. The van der Waals surface area contributed by atoms with Crippen LogP contribution in [-0.2, 0) is 10.9 Å². The second-order valence-electron chi connectivity index (χ2n) is 3.51. The van der Waals surface area contributed by atoms with Crippen molar-refractivity contribution in [3.63, 3.8) is 0 Å². The molecule has 0 spiro atoms. The molecule has 0 saturated carbocycles. The third-order valence-electron chi connectivity index (χ3n) is 2.36. The van der Waals surface area contributed by atoms with E-state index < -0.39 is 0 Å². The first-order chi connectivity index (χ1) is 6.84. The molecule has 0 aromatic heterocycles. The SMILES string of the molecule is Brc1cccc(C=C[S+]2CCCC2)c1. The first kappa shape index (κ1) is 10.3. The molecule has 1 aromatic carbocycles. The average Bonchev–Trinajstić information content (AvgIpc) is 2.67. The monoisotopic (exact) mass is 269 g/mol. The Morgan fingerprint density at radius 3 is 2.71 bits per heavy atom. The second-order valence-corrected chi connectivity index (χ2v) is 6.59. The highest BCUT2D eigenvalue weighted by molar-refractivity contribution is 9.10. The van der Waals surface area contributed by atoms with Gasteiger partial charge in [-0.25, -0.2) is 0 Å². The largest absolute Gasteiger partial charge is 0.119 e. The van der Waals surface area contributed by atoms with E-state index in [1.54, 1.807) is 0 Å². The molecule has 1 fully saturated rings. The summed E-state index contributed by atoms with van der Waals surface area (Å²) in [7, 11) is 0.570. The minimum Gasteiger partial charge on any atom is -0.0605 e. The summed E-state index contributed by atoms with van der Waals surface area (Å²) < 4.78 is 1.16. The molecule has 1 aromatic rings. The van der Waals surface area contributed by atoms with E-state index in [0.29, 0.717) is 10.9 Å². The fraction of sp³-hybridized carbons (Fsp3) is 0.333. The number of hydrogen-bond donors (Lipinski definition) is 0. The molecule has 1 aliphatic rings. The van der Waals surface area contributed by atoms with Gasteiger partial charge in [-0.15, -0.1) is 0 Å². The van der Waals surface area contributed by atoms with Gasteiger partial charge in [-0.1, -0.05) is 28.1 Å². The minimum absolute atomic E-state index is 0.570. The van der Waals surface area contributed by atoms with Crippen LogP contribution < -0.4 is 0 Å². The van der Waals surface area contributed by atoms with Crippen LogP contribution in [0.25, 0.3) is 6.08 Å². The molecule has 2 rings (SSSR count). The van der Waals surface area contributed by atoms with Crippen LogP contribution in [0.4, 0.5) is 0 Å². The normalized spacial score (nSPS) is 18.1. The lowest BCUT2D eigenvalue weighted by Crippen LogP contribution is -1.96. The van der Waals surface area contributed by atoms with E-state index in [0.717, 1.165) is 4.47 Å². The Kier molecular flexibility index (Phi) is 3.71. The zero-order valence-corrected chi connectivity index (χ0v) is 10.5. The highest BCUT2D eigenvalue weighted by Gasteiger charge is 2.20. The van der Waals surface area contributed by atoms with Gasteiger partial charge in [-0.3, -0.25) is 0 Å². The molecule has 14 heavy (non-hydrogen) atoms. The van der Waals surface area contributed by atoms with Crippen molar-refractivity contribution < 1.29 is 0 Å². The number of hydrogen-bond acceptors (Lipinski definition) is 0. The topological polar surface area (TPSA) is 0 Å². The Morgan fingerprint density at radius 1 is 1.21 bits per heavy atom. The van der Waals surface area contributed by atoms with Gasteiger partial charge in [0, 0.05) is 15.4 Å². The van der Waals surface area contributed by atoms with Gasteiger partial charge in [-0.05, 0) is 36.6 Å². The molecule has 0 aliphatic carbocycles. The maximum absolute atomic E-state index is 3.48. The summed E-state index contributed by atoms with van der Waals surface area (Å²) >= 11 is 3.48. The van der Waals surface area contributed by atoms with Crippen molar-refractivity contribution in [3.8, 4) is 0 Å². The molecule has 1 saturated heterocycles. The van der Waals surface area contributed by atoms with Gasteiger partial charge >= 0.3 is 0 Å². The lowest BCUT2D eigenvalue weighted by Gasteiger charge is -1.94. The molecular weight excluding hydrogens is 256 g/mol. The molecule has 1 heterocycles. The first-order valence-corrected chi connectivity index (χ1v) is 7.36.